The normalized spacial score (nSPS) is 10.1. The molecule has 0 aliphatic heterocycles. The molecule has 1 aromatic heterocycles. The Morgan fingerprint density at radius 1 is 1.15 bits per heavy atom. The van der Waals surface area contributed by atoms with E-state index in [1.807, 2.05) is 0 Å². The number of hydrogen-bond acceptors (Lipinski definition) is 3. The van der Waals surface area contributed by atoms with Crippen molar-refractivity contribution in [3.8, 4) is 0 Å². The highest BCUT2D eigenvalue weighted by molar-refractivity contribution is 6.34. The fourth-order valence-corrected chi connectivity index (χ4v) is 1.92. The minimum Gasteiger partial charge on any atom is -0.478 e. The molecule has 0 unspecified atom stereocenters. The average Bonchev–Trinajstić information content (AvgIpc) is 2.41. The summed E-state index contributed by atoms with van der Waals surface area (Å²) in [5, 5.41) is 11.7. The molecule has 2 rings (SSSR count). The molecule has 2 N–H and O–H groups in total. The number of benzene rings is 1. The highest BCUT2D eigenvalue weighted by Crippen LogP contribution is 2.21. The summed E-state index contributed by atoms with van der Waals surface area (Å²) in [6.07, 6.45) is 1.46. The molecule has 0 bridgehead atoms. The van der Waals surface area contributed by atoms with E-state index in [0.29, 0.717) is 5.69 Å². The van der Waals surface area contributed by atoms with E-state index in [0.717, 1.165) is 0 Å². The molecule has 102 valence electrons. The molecule has 20 heavy (non-hydrogen) atoms. The third kappa shape index (κ3) is 3.07. The maximum absolute atomic E-state index is 12.0. The van der Waals surface area contributed by atoms with Crippen molar-refractivity contribution in [3.63, 3.8) is 0 Å². The summed E-state index contributed by atoms with van der Waals surface area (Å²) in [4.78, 5) is 26.7. The van der Waals surface area contributed by atoms with Gasteiger partial charge in [-0.05, 0) is 30.3 Å². The summed E-state index contributed by atoms with van der Waals surface area (Å²) in [5.41, 5.74) is 0.402. The Kier molecular flexibility index (Phi) is 4.22. The molecule has 1 heterocycles. The quantitative estimate of drug-likeness (QED) is 0.852. The van der Waals surface area contributed by atoms with Gasteiger partial charge in [0.2, 0.25) is 0 Å². The molecular formula is C13H8Cl2N2O3. The Balaban J connectivity index is 2.27. The highest BCUT2D eigenvalue weighted by atomic mass is 35.5. The summed E-state index contributed by atoms with van der Waals surface area (Å²) in [7, 11) is 0. The van der Waals surface area contributed by atoms with E-state index in [2.05, 4.69) is 10.3 Å². The van der Waals surface area contributed by atoms with Crippen molar-refractivity contribution >= 4 is 40.8 Å². The first-order chi connectivity index (χ1) is 9.49. The van der Waals surface area contributed by atoms with Crippen molar-refractivity contribution in [2.75, 3.05) is 5.32 Å². The first-order valence-electron chi connectivity index (χ1n) is 5.44. The van der Waals surface area contributed by atoms with Gasteiger partial charge >= 0.3 is 5.97 Å². The van der Waals surface area contributed by atoms with Crippen LogP contribution in [0.5, 0.6) is 0 Å². The van der Waals surface area contributed by atoms with Crippen molar-refractivity contribution in [1.29, 1.82) is 0 Å². The molecule has 0 saturated carbocycles. The first-order valence-corrected chi connectivity index (χ1v) is 6.19. The number of carboxylic acid groups (broad SMARTS) is 1. The Morgan fingerprint density at radius 3 is 2.55 bits per heavy atom. The lowest BCUT2D eigenvalue weighted by atomic mass is 10.2. The third-order valence-electron chi connectivity index (χ3n) is 2.46. The zero-order chi connectivity index (χ0) is 14.7. The molecule has 0 aliphatic rings. The van der Waals surface area contributed by atoms with Gasteiger partial charge in [0.15, 0.2) is 0 Å². The first kappa shape index (κ1) is 14.3. The molecule has 5 nitrogen and oxygen atoms in total. The van der Waals surface area contributed by atoms with Crippen molar-refractivity contribution < 1.29 is 14.7 Å². The summed E-state index contributed by atoms with van der Waals surface area (Å²) < 4.78 is 0. The van der Waals surface area contributed by atoms with Crippen molar-refractivity contribution in [3.05, 3.63) is 57.8 Å². The smallest absolute Gasteiger partial charge is 0.337 e. The number of halogens is 2. The van der Waals surface area contributed by atoms with Gasteiger partial charge in [-0.15, -0.1) is 0 Å². The standard InChI is InChI=1S/C13H8Cl2N2O3/c14-10-4-3-7(6-9(10)13(19)20)17-12(18)8-2-1-5-16-11(8)15/h1-6H,(H,17,18)(H,19,20). The topological polar surface area (TPSA) is 79.3 Å². The van der Waals surface area contributed by atoms with Gasteiger partial charge in [0.25, 0.3) is 5.91 Å². The monoisotopic (exact) mass is 310 g/mol. The predicted molar refractivity (Wildman–Crippen MR) is 75.6 cm³/mol. The van der Waals surface area contributed by atoms with Crippen molar-refractivity contribution in [2.45, 2.75) is 0 Å². The molecule has 1 aromatic carbocycles. The van der Waals surface area contributed by atoms with Crippen LogP contribution in [-0.4, -0.2) is 22.0 Å². The molecule has 0 aliphatic carbocycles. The molecule has 0 saturated heterocycles. The van der Waals surface area contributed by atoms with Gasteiger partial charge in [0.1, 0.15) is 5.15 Å². The van der Waals surface area contributed by atoms with Gasteiger partial charge in [-0.2, -0.15) is 0 Å². The van der Waals surface area contributed by atoms with Crippen molar-refractivity contribution in [2.24, 2.45) is 0 Å². The van der Waals surface area contributed by atoms with Crippen LogP contribution in [0.25, 0.3) is 0 Å². The third-order valence-corrected chi connectivity index (χ3v) is 3.09. The van der Waals surface area contributed by atoms with E-state index in [1.54, 1.807) is 6.07 Å². The molecule has 0 spiro atoms. The summed E-state index contributed by atoms with van der Waals surface area (Å²) >= 11 is 11.6. The number of pyridine rings is 1. The lowest BCUT2D eigenvalue weighted by molar-refractivity contribution is 0.0696. The predicted octanol–water partition coefficient (Wildman–Crippen LogP) is 3.34. The van der Waals surface area contributed by atoms with Crippen LogP contribution in [0.2, 0.25) is 10.2 Å². The fourth-order valence-electron chi connectivity index (χ4n) is 1.52. The molecule has 0 atom stereocenters. The van der Waals surface area contributed by atoms with E-state index < -0.39 is 11.9 Å². The van der Waals surface area contributed by atoms with Crippen LogP contribution in [0.4, 0.5) is 5.69 Å². The van der Waals surface area contributed by atoms with Gasteiger partial charge in [-0.3, -0.25) is 4.79 Å². The second-order valence-electron chi connectivity index (χ2n) is 3.80. The number of aromatic nitrogens is 1. The lowest BCUT2D eigenvalue weighted by Crippen LogP contribution is -2.13. The highest BCUT2D eigenvalue weighted by Gasteiger charge is 2.13. The number of nitrogens with zero attached hydrogens (tertiary/aromatic N) is 1. The number of carbonyl (C=O) groups is 2. The number of amides is 1. The molecular weight excluding hydrogens is 303 g/mol. The number of anilines is 1. The number of hydrogen-bond donors (Lipinski definition) is 2. The van der Waals surface area contributed by atoms with Gasteiger partial charge in [-0.1, -0.05) is 23.2 Å². The van der Waals surface area contributed by atoms with E-state index in [-0.39, 0.29) is 21.3 Å². The Morgan fingerprint density at radius 2 is 1.90 bits per heavy atom. The van der Waals surface area contributed by atoms with Crippen LogP contribution < -0.4 is 5.32 Å². The van der Waals surface area contributed by atoms with Gasteiger partial charge in [0, 0.05) is 11.9 Å². The number of carboxylic acids is 1. The minimum atomic E-state index is -1.18. The number of nitrogens with one attached hydrogen (secondary N) is 1. The second-order valence-corrected chi connectivity index (χ2v) is 4.56. The van der Waals surface area contributed by atoms with Crippen LogP contribution in [-0.2, 0) is 0 Å². The van der Waals surface area contributed by atoms with Gasteiger partial charge < -0.3 is 10.4 Å². The second kappa shape index (κ2) is 5.90. The van der Waals surface area contributed by atoms with Crippen LogP contribution in [0, 0.1) is 0 Å². The molecule has 0 radical (unpaired) electrons. The van der Waals surface area contributed by atoms with Crippen LogP contribution in [0.15, 0.2) is 36.5 Å². The molecule has 2 aromatic rings. The van der Waals surface area contributed by atoms with Gasteiger partial charge in [-0.25, -0.2) is 9.78 Å². The minimum absolute atomic E-state index is 0.0671. The summed E-state index contributed by atoms with van der Waals surface area (Å²) in [5.74, 6) is -1.66. The number of rotatable bonds is 3. The average molecular weight is 311 g/mol. The Bertz CT molecular complexity index is 689. The summed E-state index contributed by atoms with van der Waals surface area (Å²) in [6, 6.07) is 7.25. The zero-order valence-electron chi connectivity index (χ0n) is 9.93. The van der Waals surface area contributed by atoms with E-state index in [4.69, 9.17) is 28.3 Å². The Labute approximate surface area is 124 Å². The van der Waals surface area contributed by atoms with E-state index in [1.165, 1.54) is 30.5 Å². The SMILES string of the molecule is O=C(O)c1cc(NC(=O)c2cccnc2Cl)ccc1Cl. The van der Waals surface area contributed by atoms with Crippen molar-refractivity contribution in [1.82, 2.24) is 4.98 Å². The van der Waals surface area contributed by atoms with Crippen LogP contribution >= 0.6 is 23.2 Å². The molecule has 1 amide bonds. The van der Waals surface area contributed by atoms with Crippen LogP contribution in [0.3, 0.4) is 0 Å². The zero-order valence-corrected chi connectivity index (χ0v) is 11.4. The maximum Gasteiger partial charge on any atom is 0.337 e. The fraction of sp³-hybridized carbons (Fsp3) is 0. The van der Waals surface area contributed by atoms with Gasteiger partial charge in [0.05, 0.1) is 16.1 Å². The number of carbonyl (C=O) groups excluding carboxylic acids is 1. The molecule has 7 heteroatoms. The Hall–Kier alpha value is -2.11. The van der Waals surface area contributed by atoms with Crippen LogP contribution in [0.1, 0.15) is 20.7 Å². The molecule has 0 fully saturated rings. The largest absolute Gasteiger partial charge is 0.478 e. The maximum atomic E-state index is 12.0. The summed E-state index contributed by atoms with van der Waals surface area (Å²) in [6.45, 7) is 0. The number of aromatic carboxylic acids is 1. The van der Waals surface area contributed by atoms with E-state index >= 15 is 0 Å². The lowest BCUT2D eigenvalue weighted by Gasteiger charge is -2.07. The van der Waals surface area contributed by atoms with E-state index in [9.17, 15) is 9.59 Å².